The van der Waals surface area contributed by atoms with Crippen molar-refractivity contribution in [3.05, 3.63) is 65.9 Å². The summed E-state index contributed by atoms with van der Waals surface area (Å²) in [5, 5.41) is 3.93. The lowest BCUT2D eigenvalue weighted by Gasteiger charge is -2.37. The largest absolute Gasteiger partial charge is 0.338 e. The average Bonchev–Trinajstić information content (AvgIpc) is 3.04. The maximum Gasteiger partial charge on any atom is 0.254 e. The van der Waals surface area contributed by atoms with Crippen LogP contribution >= 0.6 is 0 Å². The molecule has 1 fully saturated rings. The van der Waals surface area contributed by atoms with Gasteiger partial charge in [-0.1, -0.05) is 17.3 Å². The minimum Gasteiger partial charge on any atom is -0.338 e. The SMILES string of the molecule is O=C(c1cccc(F)c1)N1CC(c2nc(-c3ccccn3)no2)C1. The fraction of sp³-hybridized carbons (Fsp3) is 0.176. The van der Waals surface area contributed by atoms with Crippen LogP contribution in [0.15, 0.2) is 53.2 Å². The molecular formula is C17H13FN4O2. The zero-order valence-electron chi connectivity index (χ0n) is 12.6. The Morgan fingerprint density at radius 3 is 2.83 bits per heavy atom. The molecule has 0 atom stereocenters. The summed E-state index contributed by atoms with van der Waals surface area (Å²) in [6.45, 7) is 0.943. The van der Waals surface area contributed by atoms with Crippen LogP contribution in [0, 0.1) is 5.82 Å². The van der Waals surface area contributed by atoms with Gasteiger partial charge in [0, 0.05) is 24.8 Å². The average molecular weight is 324 g/mol. The third kappa shape index (κ3) is 2.64. The molecule has 24 heavy (non-hydrogen) atoms. The highest BCUT2D eigenvalue weighted by Crippen LogP contribution is 2.28. The third-order valence-corrected chi connectivity index (χ3v) is 3.93. The molecule has 0 unspecified atom stereocenters. The second-order valence-corrected chi connectivity index (χ2v) is 5.59. The molecule has 0 spiro atoms. The number of carbonyl (C=O) groups is 1. The summed E-state index contributed by atoms with van der Waals surface area (Å²) < 4.78 is 18.5. The molecule has 1 aliphatic heterocycles. The lowest BCUT2D eigenvalue weighted by Crippen LogP contribution is -2.48. The number of hydrogen-bond donors (Lipinski definition) is 0. The Hall–Kier alpha value is -3.09. The number of pyridine rings is 1. The smallest absolute Gasteiger partial charge is 0.254 e. The van der Waals surface area contributed by atoms with Gasteiger partial charge in [0.05, 0.1) is 5.92 Å². The molecule has 0 aliphatic carbocycles. The molecule has 1 aliphatic rings. The normalized spacial score (nSPS) is 14.5. The molecule has 1 saturated heterocycles. The van der Waals surface area contributed by atoms with Crippen LogP contribution in [-0.2, 0) is 0 Å². The van der Waals surface area contributed by atoms with Crippen molar-refractivity contribution in [2.75, 3.05) is 13.1 Å². The minimum atomic E-state index is -0.421. The van der Waals surface area contributed by atoms with Crippen molar-refractivity contribution >= 4 is 5.91 Å². The Labute approximate surface area is 136 Å². The highest BCUT2D eigenvalue weighted by atomic mass is 19.1. The molecule has 2 aromatic heterocycles. The van der Waals surface area contributed by atoms with Crippen molar-refractivity contribution < 1.29 is 13.7 Å². The first-order chi connectivity index (χ1) is 11.7. The number of rotatable bonds is 3. The van der Waals surface area contributed by atoms with Gasteiger partial charge in [-0.25, -0.2) is 4.39 Å². The second-order valence-electron chi connectivity index (χ2n) is 5.59. The van der Waals surface area contributed by atoms with Gasteiger partial charge in [-0.15, -0.1) is 0 Å². The van der Waals surface area contributed by atoms with Gasteiger partial charge in [-0.3, -0.25) is 9.78 Å². The van der Waals surface area contributed by atoms with Crippen molar-refractivity contribution in [2.24, 2.45) is 0 Å². The summed E-state index contributed by atoms with van der Waals surface area (Å²) in [6, 6.07) is 11.1. The number of halogens is 1. The van der Waals surface area contributed by atoms with Gasteiger partial charge in [0.25, 0.3) is 5.91 Å². The summed E-state index contributed by atoms with van der Waals surface area (Å²) in [7, 11) is 0. The number of likely N-dealkylation sites (tertiary alicyclic amines) is 1. The summed E-state index contributed by atoms with van der Waals surface area (Å²) >= 11 is 0. The first kappa shape index (κ1) is 14.5. The standard InChI is InChI=1S/C17H13FN4O2/c18-13-5-3-4-11(8-13)17(23)22-9-12(10-22)16-20-15(21-24-16)14-6-1-2-7-19-14/h1-8,12H,9-10H2. The molecule has 0 bridgehead atoms. The highest BCUT2D eigenvalue weighted by Gasteiger charge is 2.36. The Bertz CT molecular complexity index is 875. The summed E-state index contributed by atoms with van der Waals surface area (Å²) in [5.74, 6) is 0.289. The molecule has 3 aromatic rings. The molecule has 0 radical (unpaired) electrons. The lowest BCUT2D eigenvalue weighted by molar-refractivity contribution is 0.0568. The van der Waals surface area contributed by atoms with Gasteiger partial charge in [0.15, 0.2) is 0 Å². The molecule has 120 valence electrons. The zero-order chi connectivity index (χ0) is 16.5. The first-order valence-corrected chi connectivity index (χ1v) is 7.50. The quantitative estimate of drug-likeness (QED) is 0.740. The lowest BCUT2D eigenvalue weighted by atomic mass is 9.98. The van der Waals surface area contributed by atoms with E-state index in [1.807, 2.05) is 12.1 Å². The third-order valence-electron chi connectivity index (χ3n) is 3.93. The Kier molecular flexibility index (Phi) is 3.53. The molecule has 0 saturated carbocycles. The number of nitrogens with zero attached hydrogens (tertiary/aromatic N) is 4. The fourth-order valence-electron chi connectivity index (χ4n) is 2.60. The zero-order valence-corrected chi connectivity index (χ0v) is 12.6. The van der Waals surface area contributed by atoms with E-state index in [9.17, 15) is 9.18 Å². The summed E-state index contributed by atoms with van der Waals surface area (Å²) in [4.78, 5) is 22.4. The van der Waals surface area contributed by atoms with Gasteiger partial charge in [0.2, 0.25) is 11.7 Å². The maximum absolute atomic E-state index is 13.2. The van der Waals surface area contributed by atoms with Crippen molar-refractivity contribution in [3.8, 4) is 11.5 Å². The van der Waals surface area contributed by atoms with Gasteiger partial charge in [-0.05, 0) is 30.3 Å². The molecule has 4 rings (SSSR count). The van der Waals surface area contributed by atoms with Gasteiger partial charge >= 0.3 is 0 Å². The monoisotopic (exact) mass is 324 g/mol. The van der Waals surface area contributed by atoms with Gasteiger partial charge in [0.1, 0.15) is 11.5 Å². The van der Waals surface area contributed by atoms with Crippen molar-refractivity contribution in [3.63, 3.8) is 0 Å². The van der Waals surface area contributed by atoms with Crippen LogP contribution in [0.2, 0.25) is 0 Å². The van der Waals surface area contributed by atoms with E-state index < -0.39 is 5.82 Å². The maximum atomic E-state index is 13.2. The van der Waals surface area contributed by atoms with E-state index in [-0.39, 0.29) is 11.8 Å². The van der Waals surface area contributed by atoms with Crippen LogP contribution < -0.4 is 0 Å². The van der Waals surface area contributed by atoms with Crippen LogP contribution in [0.5, 0.6) is 0 Å². The van der Waals surface area contributed by atoms with Crippen molar-refractivity contribution in [1.29, 1.82) is 0 Å². The number of benzene rings is 1. The second kappa shape index (κ2) is 5.84. The van der Waals surface area contributed by atoms with Crippen molar-refractivity contribution in [1.82, 2.24) is 20.0 Å². The molecule has 7 heteroatoms. The Morgan fingerprint density at radius 2 is 2.08 bits per heavy atom. The van der Waals surface area contributed by atoms with Gasteiger partial charge in [-0.2, -0.15) is 4.98 Å². The first-order valence-electron chi connectivity index (χ1n) is 7.50. The van der Waals surface area contributed by atoms with Crippen LogP contribution in [0.25, 0.3) is 11.5 Å². The number of carbonyl (C=O) groups excluding carboxylic acids is 1. The molecule has 3 heterocycles. The number of aromatic nitrogens is 3. The van der Waals surface area contributed by atoms with E-state index in [1.54, 1.807) is 23.2 Å². The highest BCUT2D eigenvalue weighted by molar-refractivity contribution is 5.94. The predicted octanol–water partition coefficient (Wildman–Crippen LogP) is 2.51. The van der Waals surface area contributed by atoms with Crippen LogP contribution in [-0.4, -0.2) is 39.0 Å². The summed E-state index contributed by atoms with van der Waals surface area (Å²) in [5.41, 5.74) is 0.979. The van der Waals surface area contributed by atoms with Crippen LogP contribution in [0.1, 0.15) is 22.2 Å². The molecular weight excluding hydrogens is 311 g/mol. The van der Waals surface area contributed by atoms with Gasteiger partial charge < -0.3 is 9.42 Å². The number of hydrogen-bond acceptors (Lipinski definition) is 5. The van der Waals surface area contributed by atoms with Crippen molar-refractivity contribution in [2.45, 2.75) is 5.92 Å². The Balaban J connectivity index is 1.43. The molecule has 0 N–H and O–H groups in total. The number of amides is 1. The predicted molar refractivity (Wildman–Crippen MR) is 82.6 cm³/mol. The van der Waals surface area contributed by atoms with E-state index in [4.69, 9.17) is 4.52 Å². The van der Waals surface area contributed by atoms with E-state index >= 15 is 0 Å². The van der Waals surface area contributed by atoms with E-state index in [0.717, 1.165) is 0 Å². The molecule has 1 aromatic carbocycles. The van der Waals surface area contributed by atoms with E-state index in [2.05, 4.69) is 15.1 Å². The van der Waals surface area contributed by atoms with Crippen LogP contribution in [0.3, 0.4) is 0 Å². The molecule has 6 nitrogen and oxygen atoms in total. The molecule has 1 amide bonds. The van der Waals surface area contributed by atoms with E-state index in [1.165, 1.54) is 18.2 Å². The van der Waals surface area contributed by atoms with Crippen LogP contribution in [0.4, 0.5) is 4.39 Å². The Morgan fingerprint density at radius 1 is 1.21 bits per heavy atom. The topological polar surface area (TPSA) is 72.1 Å². The summed E-state index contributed by atoms with van der Waals surface area (Å²) in [6.07, 6.45) is 1.66. The minimum absolute atomic E-state index is 0.00697. The fourth-order valence-corrected chi connectivity index (χ4v) is 2.60. The van der Waals surface area contributed by atoms with E-state index in [0.29, 0.717) is 36.1 Å².